The summed E-state index contributed by atoms with van der Waals surface area (Å²) in [6, 6.07) is 6.63. The summed E-state index contributed by atoms with van der Waals surface area (Å²) >= 11 is 0. The number of terminal acetylenes is 1. The molecule has 4 heteroatoms. The molecular formula is C14H18N2O2. The molecule has 1 N–H and O–H groups in total. The van der Waals surface area contributed by atoms with E-state index in [0.29, 0.717) is 0 Å². The molecular weight excluding hydrogens is 228 g/mol. The minimum Gasteiger partial charge on any atom is -0.297 e. The molecule has 0 aliphatic carbocycles. The Labute approximate surface area is 108 Å². The van der Waals surface area contributed by atoms with Crippen LogP contribution in [0.1, 0.15) is 38.3 Å². The third-order valence-corrected chi connectivity index (χ3v) is 2.81. The molecule has 0 aliphatic heterocycles. The maximum absolute atomic E-state index is 10.7. The lowest BCUT2D eigenvalue weighted by atomic mass is 10.1. The van der Waals surface area contributed by atoms with Crippen LogP contribution in [0.5, 0.6) is 0 Å². The van der Waals surface area contributed by atoms with Gasteiger partial charge in [0.1, 0.15) is 0 Å². The van der Waals surface area contributed by atoms with Crippen molar-refractivity contribution in [3.05, 3.63) is 39.9 Å². The Morgan fingerprint density at radius 2 is 2.28 bits per heavy atom. The first kappa shape index (κ1) is 14.2. The number of nitro groups is 1. The molecule has 1 aromatic rings. The molecule has 0 fully saturated rings. The van der Waals surface area contributed by atoms with Gasteiger partial charge in [-0.1, -0.05) is 31.4 Å². The molecule has 2 atom stereocenters. The lowest BCUT2D eigenvalue weighted by molar-refractivity contribution is -0.384. The first-order valence-electron chi connectivity index (χ1n) is 6.05. The Kier molecular flexibility index (Phi) is 5.34. The van der Waals surface area contributed by atoms with Gasteiger partial charge in [-0.2, -0.15) is 0 Å². The van der Waals surface area contributed by atoms with Crippen molar-refractivity contribution in [3.63, 3.8) is 0 Å². The van der Waals surface area contributed by atoms with Crippen LogP contribution in [0.25, 0.3) is 0 Å². The molecule has 0 radical (unpaired) electrons. The van der Waals surface area contributed by atoms with E-state index < -0.39 is 0 Å². The number of nitro benzene ring substituents is 1. The predicted octanol–water partition coefficient (Wildman–Crippen LogP) is 3.05. The normalized spacial score (nSPS) is 13.6. The molecule has 0 amide bonds. The van der Waals surface area contributed by atoms with Gasteiger partial charge >= 0.3 is 0 Å². The van der Waals surface area contributed by atoms with Crippen LogP contribution in [0, 0.1) is 22.5 Å². The molecule has 1 aromatic carbocycles. The van der Waals surface area contributed by atoms with Crippen LogP contribution in [0.3, 0.4) is 0 Å². The average Bonchev–Trinajstić information content (AvgIpc) is 2.38. The summed E-state index contributed by atoms with van der Waals surface area (Å²) in [5.41, 5.74) is 0.981. The predicted molar refractivity (Wildman–Crippen MR) is 72.2 cm³/mol. The Hall–Kier alpha value is -1.86. The van der Waals surface area contributed by atoms with E-state index in [9.17, 15) is 10.1 Å². The zero-order valence-corrected chi connectivity index (χ0v) is 10.7. The number of hydrogen-bond acceptors (Lipinski definition) is 3. The highest BCUT2D eigenvalue weighted by Gasteiger charge is 2.13. The smallest absolute Gasteiger partial charge is 0.269 e. The van der Waals surface area contributed by atoms with E-state index in [1.807, 2.05) is 13.0 Å². The zero-order chi connectivity index (χ0) is 13.5. The van der Waals surface area contributed by atoms with Gasteiger partial charge in [-0.15, -0.1) is 6.42 Å². The van der Waals surface area contributed by atoms with Crippen LogP contribution in [0.2, 0.25) is 0 Å². The molecule has 2 unspecified atom stereocenters. The molecule has 18 heavy (non-hydrogen) atoms. The minimum absolute atomic E-state index is 0.00231. The Balaban J connectivity index is 2.77. The molecule has 0 spiro atoms. The maximum atomic E-state index is 10.7. The molecule has 0 heterocycles. The molecule has 4 nitrogen and oxygen atoms in total. The lowest BCUT2D eigenvalue weighted by Crippen LogP contribution is -2.30. The highest BCUT2D eigenvalue weighted by atomic mass is 16.6. The number of non-ortho nitro benzene ring substituents is 1. The highest BCUT2D eigenvalue weighted by molar-refractivity contribution is 5.35. The van der Waals surface area contributed by atoms with Gasteiger partial charge < -0.3 is 0 Å². The fourth-order valence-corrected chi connectivity index (χ4v) is 1.81. The van der Waals surface area contributed by atoms with Gasteiger partial charge in [-0.05, 0) is 18.9 Å². The minimum atomic E-state index is -0.388. The third kappa shape index (κ3) is 3.86. The number of nitrogens with zero attached hydrogens (tertiary/aromatic N) is 1. The van der Waals surface area contributed by atoms with Crippen molar-refractivity contribution >= 4 is 5.69 Å². The van der Waals surface area contributed by atoms with E-state index >= 15 is 0 Å². The standard InChI is InChI=1S/C14H18N2O2/c1-4-7-13(5-2)15-11(3)12-8-6-9-14(10-12)16(17)18/h2,6,8-11,13,15H,4,7H2,1,3H3. The molecule has 0 saturated heterocycles. The number of rotatable bonds is 6. The summed E-state index contributed by atoms with van der Waals surface area (Å²) in [5, 5.41) is 14.0. The van der Waals surface area contributed by atoms with Crippen molar-refractivity contribution in [3.8, 4) is 12.3 Å². The first-order valence-corrected chi connectivity index (χ1v) is 6.05. The summed E-state index contributed by atoms with van der Waals surface area (Å²) < 4.78 is 0. The number of hydrogen-bond donors (Lipinski definition) is 1. The summed E-state index contributed by atoms with van der Waals surface area (Å²) in [7, 11) is 0. The van der Waals surface area contributed by atoms with Gasteiger partial charge in [0.05, 0.1) is 11.0 Å². The van der Waals surface area contributed by atoms with Crippen molar-refractivity contribution in [2.24, 2.45) is 0 Å². The van der Waals surface area contributed by atoms with E-state index in [-0.39, 0.29) is 22.7 Å². The largest absolute Gasteiger partial charge is 0.297 e. The highest BCUT2D eigenvalue weighted by Crippen LogP contribution is 2.19. The SMILES string of the molecule is C#CC(CCC)NC(C)c1cccc([N+](=O)[O-])c1. The van der Waals surface area contributed by atoms with Crippen LogP contribution in [-0.4, -0.2) is 11.0 Å². The van der Waals surface area contributed by atoms with Gasteiger partial charge in [-0.25, -0.2) is 0 Å². The molecule has 0 saturated carbocycles. The second kappa shape index (κ2) is 6.77. The van der Waals surface area contributed by atoms with Crippen molar-refractivity contribution in [2.45, 2.75) is 38.8 Å². The number of benzene rings is 1. The van der Waals surface area contributed by atoms with E-state index in [1.165, 1.54) is 6.07 Å². The van der Waals surface area contributed by atoms with Gasteiger partial charge in [0.2, 0.25) is 0 Å². The summed E-state index contributed by atoms with van der Waals surface area (Å²) in [6.45, 7) is 4.03. The monoisotopic (exact) mass is 246 g/mol. The first-order chi connectivity index (χ1) is 8.58. The Morgan fingerprint density at radius 1 is 1.56 bits per heavy atom. The molecule has 0 aromatic heterocycles. The van der Waals surface area contributed by atoms with Crippen LogP contribution in [0.15, 0.2) is 24.3 Å². The quantitative estimate of drug-likeness (QED) is 0.477. The average molecular weight is 246 g/mol. The van der Waals surface area contributed by atoms with Crippen LogP contribution >= 0.6 is 0 Å². The summed E-state index contributed by atoms with van der Waals surface area (Å²) in [5.74, 6) is 2.70. The summed E-state index contributed by atoms with van der Waals surface area (Å²) in [6.07, 6.45) is 7.34. The van der Waals surface area contributed by atoms with Crippen molar-refractivity contribution in [2.75, 3.05) is 0 Å². The van der Waals surface area contributed by atoms with Crippen molar-refractivity contribution < 1.29 is 4.92 Å². The van der Waals surface area contributed by atoms with Crippen molar-refractivity contribution in [1.29, 1.82) is 0 Å². The number of nitrogens with one attached hydrogen (secondary N) is 1. The van der Waals surface area contributed by atoms with Gasteiger partial charge in [0.25, 0.3) is 5.69 Å². The Bertz CT molecular complexity index is 451. The van der Waals surface area contributed by atoms with Crippen LogP contribution in [0.4, 0.5) is 5.69 Å². The molecule has 96 valence electrons. The fraction of sp³-hybridized carbons (Fsp3) is 0.429. The lowest BCUT2D eigenvalue weighted by Gasteiger charge is -2.19. The van der Waals surface area contributed by atoms with Crippen molar-refractivity contribution in [1.82, 2.24) is 5.32 Å². The van der Waals surface area contributed by atoms with Gasteiger partial charge in [-0.3, -0.25) is 15.4 Å². The second-order valence-electron chi connectivity index (χ2n) is 4.25. The molecule has 1 rings (SSSR count). The van der Waals surface area contributed by atoms with Gasteiger partial charge in [0.15, 0.2) is 0 Å². The fourth-order valence-electron chi connectivity index (χ4n) is 1.81. The van der Waals surface area contributed by atoms with E-state index in [4.69, 9.17) is 6.42 Å². The van der Waals surface area contributed by atoms with E-state index in [2.05, 4.69) is 18.2 Å². The second-order valence-corrected chi connectivity index (χ2v) is 4.25. The van der Waals surface area contributed by atoms with E-state index in [0.717, 1.165) is 18.4 Å². The Morgan fingerprint density at radius 3 is 2.83 bits per heavy atom. The maximum Gasteiger partial charge on any atom is 0.269 e. The molecule has 0 bridgehead atoms. The topological polar surface area (TPSA) is 55.2 Å². The van der Waals surface area contributed by atoms with Gasteiger partial charge in [0, 0.05) is 18.2 Å². The van der Waals surface area contributed by atoms with E-state index in [1.54, 1.807) is 12.1 Å². The van der Waals surface area contributed by atoms with Crippen LogP contribution in [-0.2, 0) is 0 Å². The summed E-state index contributed by atoms with van der Waals surface area (Å²) in [4.78, 5) is 10.3. The third-order valence-electron chi connectivity index (χ3n) is 2.81. The zero-order valence-electron chi connectivity index (χ0n) is 10.7. The van der Waals surface area contributed by atoms with Crippen LogP contribution < -0.4 is 5.32 Å². The molecule has 0 aliphatic rings.